The maximum atomic E-state index is 12.4. The van der Waals surface area contributed by atoms with Gasteiger partial charge in [0.25, 0.3) is 5.89 Å². The minimum Gasteiger partial charge on any atom is -0.455 e. The maximum Gasteiger partial charge on any atom is 0.311 e. The van der Waals surface area contributed by atoms with E-state index in [2.05, 4.69) is 10.1 Å². The van der Waals surface area contributed by atoms with Crippen molar-refractivity contribution in [2.75, 3.05) is 11.4 Å². The molecule has 7 nitrogen and oxygen atoms in total. The van der Waals surface area contributed by atoms with E-state index in [9.17, 15) is 9.59 Å². The van der Waals surface area contributed by atoms with E-state index in [4.69, 9.17) is 20.9 Å². The molecule has 2 heterocycles. The van der Waals surface area contributed by atoms with E-state index in [1.807, 2.05) is 31.2 Å². The number of rotatable bonds is 5. The first-order valence-electron chi connectivity index (χ1n) is 9.12. The van der Waals surface area contributed by atoms with Gasteiger partial charge in [-0.3, -0.25) is 9.59 Å². The maximum absolute atomic E-state index is 12.4. The number of carbonyl (C=O) groups excluding carboxylic acids is 2. The molecule has 1 unspecified atom stereocenters. The molecule has 1 aliphatic heterocycles. The molecule has 1 aromatic heterocycles. The summed E-state index contributed by atoms with van der Waals surface area (Å²) in [5, 5.41) is 4.49. The number of benzene rings is 2. The first-order valence-corrected chi connectivity index (χ1v) is 9.49. The third kappa shape index (κ3) is 4.30. The number of nitrogens with zero attached hydrogens (tertiary/aromatic N) is 3. The van der Waals surface area contributed by atoms with Gasteiger partial charge in [0.05, 0.1) is 5.92 Å². The zero-order valence-electron chi connectivity index (χ0n) is 15.7. The van der Waals surface area contributed by atoms with Gasteiger partial charge in [0.2, 0.25) is 11.7 Å². The molecule has 1 fully saturated rings. The van der Waals surface area contributed by atoms with Crippen LogP contribution in [0, 0.1) is 12.8 Å². The largest absolute Gasteiger partial charge is 0.455 e. The summed E-state index contributed by atoms with van der Waals surface area (Å²) in [5.41, 5.74) is 2.63. The van der Waals surface area contributed by atoms with Crippen LogP contribution in [0.4, 0.5) is 5.69 Å². The zero-order chi connectivity index (χ0) is 20.4. The predicted octanol–water partition coefficient (Wildman–Crippen LogP) is 3.79. The van der Waals surface area contributed by atoms with Crippen LogP contribution in [0.1, 0.15) is 17.9 Å². The minimum atomic E-state index is -0.525. The number of amides is 1. The molecule has 2 aromatic carbocycles. The van der Waals surface area contributed by atoms with E-state index in [0.29, 0.717) is 17.4 Å². The quantitative estimate of drug-likeness (QED) is 0.594. The van der Waals surface area contributed by atoms with E-state index < -0.39 is 11.9 Å². The van der Waals surface area contributed by atoms with Gasteiger partial charge >= 0.3 is 5.97 Å². The van der Waals surface area contributed by atoms with Gasteiger partial charge in [-0.1, -0.05) is 34.5 Å². The number of ether oxygens (including phenoxy) is 1. The Morgan fingerprint density at radius 2 is 1.93 bits per heavy atom. The molecule has 8 heteroatoms. The van der Waals surface area contributed by atoms with Crippen LogP contribution in [-0.2, 0) is 20.9 Å². The highest BCUT2D eigenvalue weighted by atomic mass is 35.5. The van der Waals surface area contributed by atoms with Crippen molar-refractivity contribution in [1.82, 2.24) is 10.1 Å². The average Bonchev–Trinajstić information content (AvgIpc) is 3.34. The van der Waals surface area contributed by atoms with E-state index in [1.165, 1.54) is 0 Å². The van der Waals surface area contributed by atoms with E-state index in [0.717, 1.165) is 16.8 Å². The van der Waals surface area contributed by atoms with Crippen LogP contribution in [-0.4, -0.2) is 28.6 Å². The number of carbonyl (C=O) groups is 2. The summed E-state index contributed by atoms with van der Waals surface area (Å²) in [6, 6.07) is 14.6. The lowest BCUT2D eigenvalue weighted by Crippen LogP contribution is -2.26. The number of aryl methyl sites for hydroxylation is 1. The summed E-state index contributed by atoms with van der Waals surface area (Å²) in [7, 11) is 0. The number of hydrogen-bond donors (Lipinski definition) is 0. The Labute approximate surface area is 172 Å². The third-order valence-electron chi connectivity index (χ3n) is 4.71. The van der Waals surface area contributed by atoms with Crippen LogP contribution in [0.15, 0.2) is 53.1 Å². The molecule has 0 aliphatic carbocycles. The van der Waals surface area contributed by atoms with Crippen molar-refractivity contribution >= 4 is 29.2 Å². The van der Waals surface area contributed by atoms with Crippen LogP contribution < -0.4 is 4.90 Å². The number of esters is 1. The second kappa shape index (κ2) is 8.05. The monoisotopic (exact) mass is 411 g/mol. The Kier molecular flexibility index (Phi) is 5.31. The van der Waals surface area contributed by atoms with Gasteiger partial charge in [0.1, 0.15) is 0 Å². The lowest BCUT2D eigenvalue weighted by atomic mass is 10.1. The Hall–Kier alpha value is -3.19. The number of aromatic nitrogens is 2. The molecular weight excluding hydrogens is 394 g/mol. The number of hydrogen-bond acceptors (Lipinski definition) is 6. The normalized spacial score (nSPS) is 16.3. The summed E-state index contributed by atoms with van der Waals surface area (Å²) in [6.07, 6.45) is 0.118. The molecule has 1 amide bonds. The highest BCUT2D eigenvalue weighted by molar-refractivity contribution is 6.30. The molecule has 0 saturated carbocycles. The van der Waals surface area contributed by atoms with Crippen LogP contribution in [0.5, 0.6) is 0 Å². The van der Waals surface area contributed by atoms with Crippen LogP contribution in [0.25, 0.3) is 11.4 Å². The molecule has 0 N–H and O–H groups in total. The molecule has 29 heavy (non-hydrogen) atoms. The molecule has 0 spiro atoms. The smallest absolute Gasteiger partial charge is 0.311 e. The van der Waals surface area contributed by atoms with Crippen LogP contribution in [0.2, 0.25) is 5.02 Å². The molecule has 1 aliphatic rings. The van der Waals surface area contributed by atoms with Crippen molar-refractivity contribution in [3.8, 4) is 11.4 Å². The minimum absolute atomic E-state index is 0.0985. The standard InChI is InChI=1S/C21H18ClN3O4/c1-13-2-8-17(9-3-13)25-11-15(10-19(25)26)21(27)28-12-18-23-20(24-29-18)14-4-6-16(22)7-5-14/h2-9,15H,10-12H2,1H3. The zero-order valence-corrected chi connectivity index (χ0v) is 16.4. The number of halogens is 1. The highest BCUT2D eigenvalue weighted by Crippen LogP contribution is 2.26. The fraction of sp³-hybridized carbons (Fsp3) is 0.238. The van der Waals surface area contributed by atoms with Crippen molar-refractivity contribution in [1.29, 1.82) is 0 Å². The van der Waals surface area contributed by atoms with Gasteiger partial charge in [0, 0.05) is 29.2 Å². The first kappa shape index (κ1) is 19.1. The Morgan fingerprint density at radius 1 is 1.21 bits per heavy atom. The van der Waals surface area contributed by atoms with Gasteiger partial charge in [0.15, 0.2) is 6.61 Å². The molecule has 148 valence electrons. The fourth-order valence-electron chi connectivity index (χ4n) is 3.12. The molecule has 0 bridgehead atoms. The summed E-state index contributed by atoms with van der Waals surface area (Å²) in [6.45, 7) is 2.13. The second-order valence-electron chi connectivity index (χ2n) is 6.87. The molecule has 1 atom stereocenters. The third-order valence-corrected chi connectivity index (χ3v) is 4.96. The van der Waals surface area contributed by atoms with Crippen molar-refractivity contribution < 1.29 is 18.8 Å². The van der Waals surface area contributed by atoms with Crippen molar-refractivity contribution in [2.45, 2.75) is 20.0 Å². The molecule has 1 saturated heterocycles. The fourth-order valence-corrected chi connectivity index (χ4v) is 3.25. The molecule has 4 rings (SSSR count). The van der Waals surface area contributed by atoms with Crippen LogP contribution >= 0.6 is 11.6 Å². The predicted molar refractivity (Wildman–Crippen MR) is 106 cm³/mol. The lowest BCUT2D eigenvalue weighted by molar-refractivity contribution is -0.150. The van der Waals surface area contributed by atoms with Crippen molar-refractivity contribution in [2.24, 2.45) is 5.92 Å². The van der Waals surface area contributed by atoms with E-state index in [-0.39, 0.29) is 24.8 Å². The molecule has 0 radical (unpaired) electrons. The number of anilines is 1. The van der Waals surface area contributed by atoms with Gasteiger partial charge in [-0.25, -0.2) is 0 Å². The average molecular weight is 412 g/mol. The van der Waals surface area contributed by atoms with Gasteiger partial charge in [-0.15, -0.1) is 0 Å². The van der Waals surface area contributed by atoms with E-state index in [1.54, 1.807) is 29.2 Å². The summed E-state index contributed by atoms with van der Waals surface area (Å²) < 4.78 is 10.4. The Bertz CT molecular complexity index is 1030. The highest BCUT2D eigenvalue weighted by Gasteiger charge is 2.36. The van der Waals surface area contributed by atoms with Gasteiger partial charge < -0.3 is 14.2 Å². The summed E-state index contributed by atoms with van der Waals surface area (Å²) in [5.74, 6) is -0.516. The lowest BCUT2D eigenvalue weighted by Gasteiger charge is -2.16. The molecule has 3 aromatic rings. The van der Waals surface area contributed by atoms with Gasteiger partial charge in [-0.05, 0) is 43.3 Å². The topological polar surface area (TPSA) is 85.5 Å². The Morgan fingerprint density at radius 3 is 2.66 bits per heavy atom. The summed E-state index contributed by atoms with van der Waals surface area (Å²) in [4.78, 5) is 30.5. The first-order chi connectivity index (χ1) is 14.0. The SMILES string of the molecule is Cc1ccc(N2CC(C(=O)OCc3nc(-c4ccc(Cl)cc4)no3)CC2=O)cc1. The Balaban J connectivity index is 1.35. The van der Waals surface area contributed by atoms with E-state index >= 15 is 0 Å². The van der Waals surface area contributed by atoms with Crippen molar-refractivity contribution in [3.63, 3.8) is 0 Å². The van der Waals surface area contributed by atoms with Crippen LogP contribution in [0.3, 0.4) is 0 Å². The van der Waals surface area contributed by atoms with Gasteiger partial charge in [-0.2, -0.15) is 4.98 Å². The molecular formula is C21H18ClN3O4. The summed E-state index contributed by atoms with van der Waals surface area (Å²) >= 11 is 5.87. The second-order valence-corrected chi connectivity index (χ2v) is 7.30. The van der Waals surface area contributed by atoms with Crippen molar-refractivity contribution in [3.05, 3.63) is 65.0 Å².